The molecular formula is C18H18N2O5. The normalized spacial score (nSPS) is 10.5. The van der Waals surface area contributed by atoms with E-state index in [2.05, 4.69) is 5.32 Å². The molecular weight excluding hydrogens is 324 g/mol. The van der Waals surface area contributed by atoms with Crippen molar-refractivity contribution in [3.8, 4) is 0 Å². The summed E-state index contributed by atoms with van der Waals surface area (Å²) in [5.74, 6) is -0.756. The second-order valence-electron chi connectivity index (χ2n) is 5.28. The molecule has 25 heavy (non-hydrogen) atoms. The Morgan fingerprint density at radius 1 is 1.16 bits per heavy atom. The van der Waals surface area contributed by atoms with Crippen molar-refractivity contribution in [3.63, 3.8) is 0 Å². The lowest BCUT2D eigenvalue weighted by molar-refractivity contribution is -0.142. The first-order valence-corrected chi connectivity index (χ1v) is 7.45. The monoisotopic (exact) mass is 342 g/mol. The number of rotatable bonds is 6. The number of anilines is 1. The van der Waals surface area contributed by atoms with Crippen LogP contribution in [-0.4, -0.2) is 43.4 Å². The predicted molar refractivity (Wildman–Crippen MR) is 91.8 cm³/mol. The lowest BCUT2D eigenvalue weighted by Crippen LogP contribution is -2.22. The maximum Gasteiger partial charge on any atom is 0.331 e. The third-order valence-corrected chi connectivity index (χ3v) is 3.09. The minimum absolute atomic E-state index is 0.129. The van der Waals surface area contributed by atoms with Crippen LogP contribution in [0.15, 0.2) is 53.2 Å². The maximum absolute atomic E-state index is 11.8. The van der Waals surface area contributed by atoms with Crippen LogP contribution in [0.4, 0.5) is 5.69 Å². The van der Waals surface area contributed by atoms with E-state index in [1.165, 1.54) is 23.3 Å². The van der Waals surface area contributed by atoms with Crippen molar-refractivity contribution >= 4 is 29.5 Å². The summed E-state index contributed by atoms with van der Waals surface area (Å²) in [4.78, 5) is 36.5. The lowest BCUT2D eigenvalue weighted by atomic mass is 10.2. The van der Waals surface area contributed by atoms with E-state index in [1.54, 1.807) is 50.5 Å². The van der Waals surface area contributed by atoms with Crippen LogP contribution in [0.3, 0.4) is 0 Å². The zero-order valence-electron chi connectivity index (χ0n) is 13.9. The molecule has 0 aliphatic heterocycles. The smallest absolute Gasteiger partial charge is 0.331 e. The van der Waals surface area contributed by atoms with E-state index >= 15 is 0 Å². The van der Waals surface area contributed by atoms with Gasteiger partial charge in [0.15, 0.2) is 6.61 Å². The van der Waals surface area contributed by atoms with E-state index < -0.39 is 18.5 Å². The molecule has 2 aromatic rings. The van der Waals surface area contributed by atoms with E-state index in [0.717, 1.165) is 0 Å². The van der Waals surface area contributed by atoms with Gasteiger partial charge in [0, 0.05) is 31.4 Å². The van der Waals surface area contributed by atoms with Gasteiger partial charge in [0.25, 0.3) is 11.8 Å². The zero-order chi connectivity index (χ0) is 18.2. The quantitative estimate of drug-likeness (QED) is 0.642. The Morgan fingerprint density at radius 3 is 2.48 bits per heavy atom. The van der Waals surface area contributed by atoms with E-state index in [1.807, 2.05) is 0 Å². The summed E-state index contributed by atoms with van der Waals surface area (Å²) in [7, 11) is 3.32. The van der Waals surface area contributed by atoms with Crippen molar-refractivity contribution in [2.45, 2.75) is 0 Å². The van der Waals surface area contributed by atoms with Crippen LogP contribution in [0.1, 0.15) is 16.1 Å². The molecule has 7 heteroatoms. The molecule has 0 aliphatic rings. The van der Waals surface area contributed by atoms with Crippen LogP contribution in [0.5, 0.6) is 0 Å². The summed E-state index contributed by atoms with van der Waals surface area (Å²) in [5, 5.41) is 2.58. The van der Waals surface area contributed by atoms with Crippen molar-refractivity contribution in [2.24, 2.45) is 0 Å². The highest BCUT2D eigenvalue weighted by molar-refractivity contribution is 5.96. The topological polar surface area (TPSA) is 88.9 Å². The molecule has 7 nitrogen and oxygen atoms in total. The number of nitrogens with zero attached hydrogens (tertiary/aromatic N) is 1. The molecule has 0 spiro atoms. The zero-order valence-corrected chi connectivity index (χ0v) is 13.9. The third kappa shape index (κ3) is 5.65. The van der Waals surface area contributed by atoms with E-state index in [4.69, 9.17) is 9.15 Å². The van der Waals surface area contributed by atoms with Crippen LogP contribution in [0, 0.1) is 0 Å². The SMILES string of the molecule is CN(C)C(=O)c1ccc(NC(=O)COC(=O)/C=C/c2ccco2)cc1. The number of ether oxygens (including phenoxy) is 1. The van der Waals surface area contributed by atoms with Crippen LogP contribution >= 0.6 is 0 Å². The van der Waals surface area contributed by atoms with E-state index in [-0.39, 0.29) is 5.91 Å². The van der Waals surface area contributed by atoms with Gasteiger partial charge in [-0.25, -0.2) is 4.79 Å². The number of benzene rings is 1. The van der Waals surface area contributed by atoms with Gasteiger partial charge in [-0.05, 0) is 42.5 Å². The summed E-state index contributed by atoms with van der Waals surface area (Å²) >= 11 is 0. The summed E-state index contributed by atoms with van der Waals surface area (Å²) in [5.41, 5.74) is 1.01. The number of carbonyl (C=O) groups is 3. The molecule has 1 aromatic heterocycles. The van der Waals surface area contributed by atoms with E-state index in [0.29, 0.717) is 17.0 Å². The summed E-state index contributed by atoms with van der Waals surface area (Å²) < 4.78 is 9.86. The molecule has 0 atom stereocenters. The van der Waals surface area contributed by atoms with Crippen LogP contribution in [-0.2, 0) is 14.3 Å². The molecule has 0 radical (unpaired) electrons. The number of esters is 1. The minimum Gasteiger partial charge on any atom is -0.465 e. The average molecular weight is 342 g/mol. The molecule has 1 heterocycles. The maximum atomic E-state index is 11.8. The molecule has 2 rings (SSSR count). The fourth-order valence-electron chi connectivity index (χ4n) is 1.87. The summed E-state index contributed by atoms with van der Waals surface area (Å²) in [6.45, 7) is -0.417. The Bertz CT molecular complexity index is 761. The molecule has 0 saturated carbocycles. The number of furan rings is 1. The Labute approximate surface area is 144 Å². The number of hydrogen-bond acceptors (Lipinski definition) is 5. The standard InChI is InChI=1S/C18H18N2O5/c1-20(2)18(23)13-5-7-14(8-6-13)19-16(21)12-25-17(22)10-9-15-4-3-11-24-15/h3-11H,12H2,1-2H3,(H,19,21)/b10-9+. The van der Waals surface area contributed by atoms with Crippen LogP contribution in [0.25, 0.3) is 6.08 Å². The Kier molecular flexibility index (Phi) is 6.11. The van der Waals surface area contributed by atoms with Crippen LogP contribution in [0.2, 0.25) is 0 Å². The molecule has 1 aromatic carbocycles. The highest BCUT2D eigenvalue weighted by Crippen LogP contribution is 2.11. The molecule has 0 unspecified atom stereocenters. The average Bonchev–Trinajstić information content (AvgIpc) is 3.11. The second kappa shape index (κ2) is 8.49. The van der Waals surface area contributed by atoms with Gasteiger partial charge < -0.3 is 19.4 Å². The van der Waals surface area contributed by atoms with Gasteiger partial charge in [0.2, 0.25) is 0 Å². The van der Waals surface area contributed by atoms with Gasteiger partial charge >= 0.3 is 5.97 Å². The minimum atomic E-state index is -0.654. The van der Waals surface area contributed by atoms with Gasteiger partial charge in [-0.3, -0.25) is 9.59 Å². The molecule has 130 valence electrons. The van der Waals surface area contributed by atoms with Gasteiger partial charge in [-0.1, -0.05) is 0 Å². The highest BCUT2D eigenvalue weighted by Gasteiger charge is 2.09. The summed E-state index contributed by atoms with van der Waals surface area (Å²) in [6.07, 6.45) is 4.10. The van der Waals surface area contributed by atoms with Gasteiger partial charge in [0.1, 0.15) is 5.76 Å². The molecule has 2 amide bonds. The molecule has 0 fully saturated rings. The predicted octanol–water partition coefficient (Wildman–Crippen LogP) is 2.18. The van der Waals surface area contributed by atoms with Gasteiger partial charge in [-0.2, -0.15) is 0 Å². The van der Waals surface area contributed by atoms with Gasteiger partial charge in [-0.15, -0.1) is 0 Å². The largest absolute Gasteiger partial charge is 0.465 e. The van der Waals surface area contributed by atoms with Gasteiger partial charge in [0.05, 0.1) is 6.26 Å². The number of carbonyl (C=O) groups excluding carboxylic acids is 3. The Hall–Kier alpha value is -3.35. The Balaban J connectivity index is 1.80. The van der Waals surface area contributed by atoms with Crippen molar-refractivity contribution in [1.29, 1.82) is 0 Å². The first-order valence-electron chi connectivity index (χ1n) is 7.45. The molecule has 0 aliphatic carbocycles. The molecule has 0 bridgehead atoms. The van der Waals surface area contributed by atoms with Crippen LogP contribution < -0.4 is 5.32 Å². The first-order chi connectivity index (χ1) is 12.0. The highest BCUT2D eigenvalue weighted by atomic mass is 16.5. The second-order valence-corrected chi connectivity index (χ2v) is 5.28. The molecule has 1 N–H and O–H groups in total. The summed E-state index contributed by atoms with van der Waals surface area (Å²) in [6, 6.07) is 9.80. The number of nitrogens with one attached hydrogen (secondary N) is 1. The number of amides is 2. The number of hydrogen-bond donors (Lipinski definition) is 1. The van der Waals surface area contributed by atoms with Crippen molar-refractivity contribution in [3.05, 3.63) is 60.1 Å². The lowest BCUT2D eigenvalue weighted by Gasteiger charge is -2.11. The van der Waals surface area contributed by atoms with E-state index in [9.17, 15) is 14.4 Å². The van der Waals surface area contributed by atoms with Crippen molar-refractivity contribution in [1.82, 2.24) is 4.90 Å². The fourth-order valence-corrected chi connectivity index (χ4v) is 1.87. The Morgan fingerprint density at radius 2 is 1.88 bits per heavy atom. The van der Waals surface area contributed by atoms with Crippen molar-refractivity contribution in [2.75, 3.05) is 26.0 Å². The van der Waals surface area contributed by atoms with Crippen molar-refractivity contribution < 1.29 is 23.5 Å². The molecule has 0 saturated heterocycles. The third-order valence-electron chi connectivity index (χ3n) is 3.09. The fraction of sp³-hybridized carbons (Fsp3) is 0.167. The first kappa shape index (κ1) is 18.0.